The molecule has 1 saturated heterocycles. The lowest BCUT2D eigenvalue weighted by atomic mass is 10.4. The predicted octanol–water partition coefficient (Wildman–Crippen LogP) is 0.565. The van der Waals surface area contributed by atoms with Gasteiger partial charge in [0.1, 0.15) is 16.7 Å². The lowest BCUT2D eigenvalue weighted by Gasteiger charge is -2.19. The van der Waals surface area contributed by atoms with Crippen LogP contribution in [0.3, 0.4) is 0 Å². The molecule has 0 spiro atoms. The maximum atomic E-state index is 11.3. The normalized spacial score (nSPS) is 17.1. The van der Waals surface area contributed by atoms with Gasteiger partial charge >= 0.3 is 0 Å². The Labute approximate surface area is 96.0 Å². The Morgan fingerprint density at radius 3 is 3.13 bits per heavy atom. The minimum absolute atomic E-state index is 0.0437. The van der Waals surface area contributed by atoms with Crippen LogP contribution in [0.4, 0.5) is 5.82 Å². The number of rotatable bonds is 1. The summed E-state index contributed by atoms with van der Waals surface area (Å²) in [4.78, 5) is 21.4. The van der Waals surface area contributed by atoms with Crippen LogP contribution in [-0.4, -0.2) is 35.5 Å². The van der Waals surface area contributed by atoms with Crippen LogP contribution in [0.15, 0.2) is 17.0 Å². The van der Waals surface area contributed by atoms with Crippen LogP contribution in [-0.2, 0) is 4.79 Å². The van der Waals surface area contributed by atoms with E-state index < -0.39 is 0 Å². The van der Waals surface area contributed by atoms with Crippen molar-refractivity contribution in [3.05, 3.63) is 17.0 Å². The summed E-state index contributed by atoms with van der Waals surface area (Å²) in [5.74, 6) is 0.830. The molecule has 1 aliphatic rings. The van der Waals surface area contributed by atoms with Gasteiger partial charge in [-0.05, 0) is 22.4 Å². The van der Waals surface area contributed by atoms with E-state index in [0.29, 0.717) is 6.54 Å². The molecule has 1 aromatic heterocycles. The van der Waals surface area contributed by atoms with Crippen molar-refractivity contribution in [3.63, 3.8) is 0 Å². The first-order valence-corrected chi connectivity index (χ1v) is 5.54. The van der Waals surface area contributed by atoms with Crippen LogP contribution in [0.2, 0.25) is 0 Å². The van der Waals surface area contributed by atoms with E-state index in [-0.39, 0.29) is 5.91 Å². The Balaban J connectivity index is 2.18. The molecule has 0 aliphatic carbocycles. The Bertz CT molecular complexity index is 371. The highest BCUT2D eigenvalue weighted by Gasteiger charge is 2.15. The van der Waals surface area contributed by atoms with Crippen LogP contribution in [0.1, 0.15) is 6.42 Å². The van der Waals surface area contributed by atoms with Crippen LogP contribution >= 0.6 is 15.9 Å². The Hall–Kier alpha value is -1.17. The van der Waals surface area contributed by atoms with Crippen molar-refractivity contribution in [2.24, 2.45) is 0 Å². The summed E-state index contributed by atoms with van der Waals surface area (Å²) in [7, 11) is 0. The molecule has 80 valence electrons. The highest BCUT2D eigenvalue weighted by Crippen LogP contribution is 2.15. The number of hydrogen-bond acceptors (Lipinski definition) is 4. The van der Waals surface area contributed by atoms with E-state index in [9.17, 15) is 4.79 Å². The lowest BCUT2D eigenvalue weighted by Crippen LogP contribution is -2.33. The van der Waals surface area contributed by atoms with Crippen molar-refractivity contribution in [2.45, 2.75) is 6.42 Å². The second-order valence-electron chi connectivity index (χ2n) is 3.32. The quantitative estimate of drug-likeness (QED) is 0.758. The fourth-order valence-corrected chi connectivity index (χ4v) is 1.80. The second kappa shape index (κ2) is 4.57. The van der Waals surface area contributed by atoms with Crippen molar-refractivity contribution >= 4 is 27.7 Å². The molecule has 2 rings (SSSR count). The average Bonchev–Trinajstić information content (AvgIpc) is 2.43. The van der Waals surface area contributed by atoms with E-state index in [2.05, 4.69) is 31.2 Å². The summed E-state index contributed by atoms with van der Waals surface area (Å²) < 4.78 is 0.733. The number of halogens is 1. The molecule has 1 N–H and O–H groups in total. The van der Waals surface area contributed by atoms with Crippen LogP contribution in [0.5, 0.6) is 0 Å². The second-order valence-corrected chi connectivity index (χ2v) is 4.14. The van der Waals surface area contributed by atoms with E-state index in [1.807, 2.05) is 11.0 Å². The van der Waals surface area contributed by atoms with E-state index in [4.69, 9.17) is 0 Å². The van der Waals surface area contributed by atoms with Gasteiger partial charge in [0.25, 0.3) is 0 Å². The summed E-state index contributed by atoms with van der Waals surface area (Å²) in [6.45, 7) is 1.94. The molecule has 6 heteroatoms. The molecule has 1 aliphatic heterocycles. The Kier molecular flexibility index (Phi) is 3.15. The number of hydrogen-bond donors (Lipinski definition) is 1. The summed E-state index contributed by atoms with van der Waals surface area (Å²) in [6.07, 6.45) is 2.43. The number of carbonyl (C=O) groups excluding carboxylic acids is 1. The molecule has 0 bridgehead atoms. The highest BCUT2D eigenvalue weighted by atomic mass is 79.9. The third kappa shape index (κ3) is 2.65. The van der Waals surface area contributed by atoms with Gasteiger partial charge in [0.05, 0.1) is 6.54 Å². The number of aromatic nitrogens is 2. The molecule has 0 unspecified atom stereocenters. The average molecular weight is 271 g/mol. The van der Waals surface area contributed by atoms with Gasteiger partial charge in [0.15, 0.2) is 0 Å². The molecule has 1 fully saturated rings. The van der Waals surface area contributed by atoms with E-state index in [1.165, 1.54) is 6.33 Å². The van der Waals surface area contributed by atoms with Gasteiger partial charge in [0.2, 0.25) is 5.91 Å². The number of nitrogens with zero attached hydrogens (tertiary/aromatic N) is 3. The van der Waals surface area contributed by atoms with Crippen molar-refractivity contribution in [1.82, 2.24) is 15.3 Å². The molecule has 0 saturated carbocycles. The number of anilines is 1. The monoisotopic (exact) mass is 270 g/mol. The van der Waals surface area contributed by atoms with Gasteiger partial charge in [-0.15, -0.1) is 0 Å². The van der Waals surface area contributed by atoms with Gasteiger partial charge in [-0.3, -0.25) is 4.79 Å². The summed E-state index contributed by atoms with van der Waals surface area (Å²) in [5, 5.41) is 2.82. The van der Waals surface area contributed by atoms with Gasteiger partial charge in [0, 0.05) is 19.2 Å². The van der Waals surface area contributed by atoms with Crippen LogP contribution < -0.4 is 10.2 Å². The maximum Gasteiger partial charge on any atom is 0.239 e. The zero-order valence-corrected chi connectivity index (χ0v) is 9.70. The molecule has 0 aromatic carbocycles. The molecular formula is C9H11BrN4O. The maximum absolute atomic E-state index is 11.3. The van der Waals surface area contributed by atoms with E-state index in [1.54, 1.807) is 0 Å². The molecule has 1 aromatic rings. The third-order valence-electron chi connectivity index (χ3n) is 2.20. The minimum Gasteiger partial charge on any atom is -0.354 e. The molecule has 5 nitrogen and oxygen atoms in total. The highest BCUT2D eigenvalue weighted by molar-refractivity contribution is 9.10. The van der Waals surface area contributed by atoms with Crippen molar-refractivity contribution in [2.75, 3.05) is 24.5 Å². The molecule has 0 atom stereocenters. The van der Waals surface area contributed by atoms with Gasteiger partial charge in [-0.1, -0.05) is 0 Å². The van der Waals surface area contributed by atoms with Gasteiger partial charge < -0.3 is 10.2 Å². The zero-order chi connectivity index (χ0) is 10.7. The summed E-state index contributed by atoms with van der Waals surface area (Å²) in [6, 6.07) is 1.82. The smallest absolute Gasteiger partial charge is 0.239 e. The standard InChI is InChI=1S/C9H11BrN4O/c10-7-4-8(13-6-12-7)14-3-1-2-11-9(15)5-14/h4,6H,1-3,5H2,(H,11,15). The zero-order valence-electron chi connectivity index (χ0n) is 8.11. The minimum atomic E-state index is 0.0437. The van der Waals surface area contributed by atoms with Crippen LogP contribution in [0, 0.1) is 0 Å². The fourth-order valence-electron chi connectivity index (χ4n) is 1.50. The van der Waals surface area contributed by atoms with Crippen molar-refractivity contribution in [1.29, 1.82) is 0 Å². The fraction of sp³-hybridized carbons (Fsp3) is 0.444. The first kappa shape index (κ1) is 10.4. The Morgan fingerprint density at radius 1 is 1.47 bits per heavy atom. The topological polar surface area (TPSA) is 58.1 Å². The van der Waals surface area contributed by atoms with Crippen molar-refractivity contribution < 1.29 is 4.79 Å². The Morgan fingerprint density at radius 2 is 2.33 bits per heavy atom. The summed E-state index contributed by atoms with van der Waals surface area (Å²) >= 11 is 3.29. The van der Waals surface area contributed by atoms with Gasteiger partial charge in [-0.25, -0.2) is 9.97 Å². The first-order chi connectivity index (χ1) is 7.25. The van der Waals surface area contributed by atoms with Crippen molar-refractivity contribution in [3.8, 4) is 0 Å². The first-order valence-electron chi connectivity index (χ1n) is 4.75. The number of amides is 1. The largest absolute Gasteiger partial charge is 0.354 e. The SMILES string of the molecule is O=C1CN(c2cc(Br)ncn2)CCCN1. The third-order valence-corrected chi connectivity index (χ3v) is 2.64. The van der Waals surface area contributed by atoms with E-state index >= 15 is 0 Å². The van der Waals surface area contributed by atoms with Gasteiger partial charge in [-0.2, -0.15) is 0 Å². The molecule has 2 heterocycles. The molecule has 1 amide bonds. The van der Waals surface area contributed by atoms with E-state index in [0.717, 1.165) is 29.9 Å². The summed E-state index contributed by atoms with van der Waals surface area (Å²) in [5.41, 5.74) is 0. The molecule has 0 radical (unpaired) electrons. The molecule has 15 heavy (non-hydrogen) atoms. The number of carbonyl (C=O) groups is 1. The lowest BCUT2D eigenvalue weighted by molar-refractivity contribution is -0.119. The van der Waals surface area contributed by atoms with Crippen LogP contribution in [0.25, 0.3) is 0 Å². The predicted molar refractivity (Wildman–Crippen MR) is 59.6 cm³/mol. The number of nitrogens with one attached hydrogen (secondary N) is 1. The molecular weight excluding hydrogens is 260 g/mol.